The van der Waals surface area contributed by atoms with Crippen LogP contribution < -0.4 is 4.74 Å². The fourth-order valence-electron chi connectivity index (χ4n) is 2.56. The Morgan fingerprint density at radius 1 is 1.04 bits per heavy atom. The number of carbonyl (C=O) groups is 1. The van der Waals surface area contributed by atoms with Gasteiger partial charge in [0.15, 0.2) is 14.1 Å². The summed E-state index contributed by atoms with van der Waals surface area (Å²) in [6.45, 7) is 11.8. The van der Waals surface area contributed by atoms with Crippen molar-refractivity contribution in [1.82, 2.24) is 0 Å². The largest absolute Gasteiger partial charge is 0.497 e. The molecule has 2 aromatic rings. The van der Waals surface area contributed by atoms with Crippen molar-refractivity contribution < 1.29 is 14.0 Å². The Hall–Kier alpha value is -2.17. The second kappa shape index (κ2) is 9.35. The molecule has 0 aliphatic rings. The molecule has 28 heavy (non-hydrogen) atoms. The van der Waals surface area contributed by atoms with Crippen LogP contribution in [0.25, 0.3) is 6.08 Å². The van der Waals surface area contributed by atoms with Crippen molar-refractivity contribution in [2.75, 3.05) is 13.7 Å². The Morgan fingerprint density at radius 3 is 2.29 bits per heavy atom. The highest BCUT2D eigenvalue weighted by atomic mass is 28.4. The lowest BCUT2D eigenvalue weighted by Gasteiger charge is -2.35. The minimum atomic E-state index is -1.75. The molecule has 2 aromatic carbocycles. The summed E-state index contributed by atoms with van der Waals surface area (Å²) in [7, 11) is -0.131. The maximum Gasteiger partial charge on any atom is 0.192 e. The number of hydrogen-bond donors (Lipinski definition) is 0. The van der Waals surface area contributed by atoms with E-state index < -0.39 is 8.32 Å². The van der Waals surface area contributed by atoms with Crippen LogP contribution in [0.1, 0.15) is 42.3 Å². The van der Waals surface area contributed by atoms with Gasteiger partial charge in [-0.15, -0.1) is 0 Å². The summed E-state index contributed by atoms with van der Waals surface area (Å²) in [5, 5.41) is 0.198. The van der Waals surface area contributed by atoms with Crippen LogP contribution >= 0.6 is 0 Å². The van der Waals surface area contributed by atoms with Crippen molar-refractivity contribution in [3.63, 3.8) is 0 Å². The third kappa shape index (κ3) is 5.91. The summed E-state index contributed by atoms with van der Waals surface area (Å²) in [5.74, 6) is 0.850. The molecule has 0 spiro atoms. The van der Waals surface area contributed by atoms with Crippen LogP contribution in [-0.4, -0.2) is 27.8 Å². The van der Waals surface area contributed by atoms with E-state index in [0.29, 0.717) is 18.6 Å². The minimum Gasteiger partial charge on any atom is -0.497 e. The van der Waals surface area contributed by atoms with Gasteiger partial charge in [-0.05, 0) is 53.5 Å². The quantitative estimate of drug-likeness (QED) is 0.396. The first-order valence-corrected chi connectivity index (χ1v) is 12.6. The minimum absolute atomic E-state index is 0.0982. The lowest BCUT2D eigenvalue weighted by molar-refractivity contribution is 0.0993. The summed E-state index contributed by atoms with van der Waals surface area (Å²) in [5.41, 5.74) is 2.77. The molecule has 0 atom stereocenters. The lowest BCUT2D eigenvalue weighted by atomic mass is 9.98. The highest BCUT2D eigenvalue weighted by Crippen LogP contribution is 2.36. The lowest BCUT2D eigenvalue weighted by Crippen LogP contribution is -2.40. The standard InChI is InChI=1S/C24H32O3Si/c1-24(2,3)28(5,6)27-17-9-12-19-10-7-8-11-21(19)18-23(25)20-13-15-22(26-4)16-14-20/h7-16H,17-18H2,1-6H3/b12-9+. The van der Waals surface area contributed by atoms with Crippen LogP contribution in [0.3, 0.4) is 0 Å². The summed E-state index contributed by atoms with van der Waals surface area (Å²) in [4.78, 5) is 12.7. The molecule has 0 aliphatic carbocycles. The Bertz CT molecular complexity index is 814. The summed E-state index contributed by atoms with van der Waals surface area (Å²) in [6.07, 6.45) is 4.48. The normalized spacial score (nSPS) is 12.4. The fourth-order valence-corrected chi connectivity index (χ4v) is 3.50. The van der Waals surface area contributed by atoms with Gasteiger partial charge in [0.1, 0.15) is 5.75 Å². The summed E-state index contributed by atoms with van der Waals surface area (Å²) in [6, 6.07) is 15.3. The van der Waals surface area contributed by atoms with Crippen LogP contribution in [0.2, 0.25) is 18.1 Å². The molecule has 0 fully saturated rings. The molecule has 0 aliphatic heterocycles. The van der Waals surface area contributed by atoms with Gasteiger partial charge < -0.3 is 9.16 Å². The number of methoxy groups -OCH3 is 1. The van der Waals surface area contributed by atoms with Gasteiger partial charge in [-0.3, -0.25) is 4.79 Å². The average Bonchev–Trinajstić information content (AvgIpc) is 2.65. The number of carbonyl (C=O) groups excluding carboxylic acids is 1. The van der Waals surface area contributed by atoms with E-state index in [9.17, 15) is 4.79 Å². The van der Waals surface area contributed by atoms with Crippen LogP contribution in [0, 0.1) is 0 Å². The van der Waals surface area contributed by atoms with Gasteiger partial charge in [0.25, 0.3) is 0 Å². The van der Waals surface area contributed by atoms with E-state index in [-0.39, 0.29) is 10.8 Å². The van der Waals surface area contributed by atoms with Crippen molar-refractivity contribution in [3.05, 3.63) is 71.3 Å². The summed E-state index contributed by atoms with van der Waals surface area (Å²) < 4.78 is 11.4. The van der Waals surface area contributed by atoms with Crippen molar-refractivity contribution in [1.29, 1.82) is 0 Å². The van der Waals surface area contributed by atoms with Gasteiger partial charge in [0.05, 0.1) is 13.7 Å². The molecule has 150 valence electrons. The second-order valence-corrected chi connectivity index (χ2v) is 13.3. The van der Waals surface area contributed by atoms with Gasteiger partial charge in [0, 0.05) is 12.0 Å². The van der Waals surface area contributed by atoms with E-state index in [1.807, 2.05) is 48.5 Å². The van der Waals surface area contributed by atoms with E-state index in [1.54, 1.807) is 7.11 Å². The van der Waals surface area contributed by atoms with Gasteiger partial charge in [-0.25, -0.2) is 0 Å². The Morgan fingerprint density at radius 2 is 1.68 bits per heavy atom. The van der Waals surface area contributed by atoms with E-state index in [4.69, 9.17) is 9.16 Å². The first-order chi connectivity index (χ1) is 13.1. The van der Waals surface area contributed by atoms with Crippen molar-refractivity contribution in [2.45, 2.75) is 45.3 Å². The van der Waals surface area contributed by atoms with Crippen LogP contribution in [-0.2, 0) is 10.8 Å². The highest BCUT2D eigenvalue weighted by Gasteiger charge is 2.36. The average molecular weight is 397 g/mol. The van der Waals surface area contributed by atoms with Gasteiger partial charge >= 0.3 is 0 Å². The van der Waals surface area contributed by atoms with Crippen LogP contribution in [0.5, 0.6) is 5.75 Å². The first kappa shape index (κ1) is 22.1. The third-order valence-corrected chi connectivity index (χ3v) is 9.96. The van der Waals surface area contributed by atoms with Crippen LogP contribution in [0.15, 0.2) is 54.6 Å². The van der Waals surface area contributed by atoms with Crippen LogP contribution in [0.4, 0.5) is 0 Å². The predicted octanol–water partition coefficient (Wildman–Crippen LogP) is 6.16. The van der Waals surface area contributed by atoms with E-state index in [2.05, 4.69) is 46.0 Å². The SMILES string of the molecule is COc1ccc(C(=O)Cc2ccccc2/C=C/CO[Si](C)(C)C(C)(C)C)cc1. The topological polar surface area (TPSA) is 35.5 Å². The molecule has 2 rings (SSSR count). The number of rotatable bonds is 8. The summed E-state index contributed by atoms with van der Waals surface area (Å²) >= 11 is 0. The molecule has 0 unspecified atom stereocenters. The zero-order valence-electron chi connectivity index (χ0n) is 17.9. The molecule has 0 radical (unpaired) electrons. The Labute approximate surface area is 170 Å². The molecule has 0 amide bonds. The molecule has 4 heteroatoms. The maximum atomic E-state index is 12.7. The molecular formula is C24H32O3Si. The fraction of sp³-hybridized carbons (Fsp3) is 0.375. The van der Waals surface area contributed by atoms with E-state index in [0.717, 1.165) is 16.9 Å². The van der Waals surface area contributed by atoms with E-state index in [1.165, 1.54) is 0 Å². The van der Waals surface area contributed by atoms with E-state index >= 15 is 0 Å². The zero-order valence-corrected chi connectivity index (χ0v) is 18.9. The number of hydrogen-bond acceptors (Lipinski definition) is 3. The molecule has 0 saturated heterocycles. The number of benzene rings is 2. The molecule has 3 nitrogen and oxygen atoms in total. The van der Waals surface area contributed by atoms with Gasteiger partial charge in [0.2, 0.25) is 0 Å². The predicted molar refractivity (Wildman–Crippen MR) is 120 cm³/mol. The first-order valence-electron chi connectivity index (χ1n) is 9.70. The maximum absolute atomic E-state index is 12.7. The zero-order chi connectivity index (χ0) is 20.8. The van der Waals surface area contributed by atoms with Crippen molar-refractivity contribution >= 4 is 20.2 Å². The molecule has 0 aromatic heterocycles. The highest BCUT2D eigenvalue weighted by molar-refractivity contribution is 6.74. The number of ketones is 1. The molecular weight excluding hydrogens is 364 g/mol. The Balaban J connectivity index is 2.05. The molecule has 0 saturated carbocycles. The monoisotopic (exact) mass is 396 g/mol. The van der Waals surface area contributed by atoms with Gasteiger partial charge in [-0.2, -0.15) is 0 Å². The number of ether oxygens (including phenoxy) is 1. The van der Waals surface area contributed by atoms with Crippen molar-refractivity contribution in [2.24, 2.45) is 0 Å². The smallest absolute Gasteiger partial charge is 0.192 e. The van der Waals surface area contributed by atoms with Crippen molar-refractivity contribution in [3.8, 4) is 5.75 Å². The molecule has 0 N–H and O–H groups in total. The second-order valence-electron chi connectivity index (χ2n) is 8.50. The third-order valence-electron chi connectivity index (χ3n) is 5.46. The van der Waals surface area contributed by atoms with Gasteiger partial charge in [-0.1, -0.05) is 57.2 Å². The Kier molecular flexibility index (Phi) is 7.39. The number of Topliss-reactive ketones (excluding diaryl/α,β-unsaturated/α-hetero) is 1. The molecule has 0 bridgehead atoms. The molecule has 0 heterocycles.